The van der Waals surface area contributed by atoms with E-state index in [2.05, 4.69) is 4.98 Å². The quantitative estimate of drug-likeness (QED) is 0.442. The Hall–Kier alpha value is -3.31. The van der Waals surface area contributed by atoms with Crippen LogP contribution >= 0.6 is 0 Å². The highest BCUT2D eigenvalue weighted by molar-refractivity contribution is 7.89. The van der Waals surface area contributed by atoms with Crippen molar-refractivity contribution in [3.05, 3.63) is 85.1 Å². The first kappa shape index (κ1) is 23.4. The first-order valence-corrected chi connectivity index (χ1v) is 13.9. The Kier molecular flexibility index (Phi) is 6.06. The van der Waals surface area contributed by atoms with Gasteiger partial charge < -0.3 is 5.11 Å². The highest BCUT2D eigenvalue weighted by Gasteiger charge is 2.35. The monoisotopic (exact) mass is 509 g/mol. The van der Waals surface area contributed by atoms with Crippen molar-refractivity contribution >= 4 is 30.9 Å². The number of piperazine rings is 1. The zero-order valence-corrected chi connectivity index (χ0v) is 20.3. The van der Waals surface area contributed by atoms with Gasteiger partial charge >= 0.3 is 0 Å². The second kappa shape index (κ2) is 9.04. The van der Waals surface area contributed by atoms with E-state index in [1.54, 1.807) is 66.9 Å². The number of hydrogen-bond acceptors (Lipinski definition) is 6. The Morgan fingerprint density at radius 1 is 0.657 bits per heavy atom. The van der Waals surface area contributed by atoms with Crippen LogP contribution in [0, 0.1) is 0 Å². The van der Waals surface area contributed by atoms with Crippen molar-refractivity contribution in [2.24, 2.45) is 0 Å². The van der Waals surface area contributed by atoms with E-state index in [4.69, 9.17) is 0 Å². The molecule has 1 fully saturated rings. The Morgan fingerprint density at radius 3 is 1.91 bits per heavy atom. The van der Waals surface area contributed by atoms with Crippen LogP contribution in [0.15, 0.2) is 94.9 Å². The van der Waals surface area contributed by atoms with E-state index >= 15 is 0 Å². The van der Waals surface area contributed by atoms with Crippen LogP contribution in [0.3, 0.4) is 0 Å². The Bertz CT molecular complexity index is 1590. The summed E-state index contributed by atoms with van der Waals surface area (Å²) in [4.78, 5) is 4.51. The molecule has 2 heterocycles. The van der Waals surface area contributed by atoms with E-state index in [9.17, 15) is 21.9 Å². The third-order valence-electron chi connectivity index (χ3n) is 6.09. The van der Waals surface area contributed by atoms with Gasteiger partial charge in [0, 0.05) is 43.3 Å². The molecule has 180 valence electrons. The van der Waals surface area contributed by atoms with Gasteiger partial charge in [-0.2, -0.15) is 8.61 Å². The molecular formula is C25H23N3O5S2. The van der Waals surface area contributed by atoms with Gasteiger partial charge in [0.1, 0.15) is 10.6 Å². The summed E-state index contributed by atoms with van der Waals surface area (Å²) in [6, 6.07) is 21.6. The normalized spacial score (nSPS) is 15.9. The maximum Gasteiger partial charge on any atom is 0.245 e. The summed E-state index contributed by atoms with van der Waals surface area (Å²) in [6.07, 6.45) is 1.55. The standard InChI is InChI=1S/C25H23N3O5S2/c29-21-12-10-19(11-13-21)22-7-1-2-8-23(22)34(30,31)27-15-17-28(18-16-27)35(32,33)24-9-3-5-20-6-4-14-26-25(20)24/h1-14,29H,15-18H2. The molecule has 0 amide bonds. The van der Waals surface area contributed by atoms with Gasteiger partial charge in [0.25, 0.3) is 0 Å². The van der Waals surface area contributed by atoms with Crippen molar-refractivity contribution in [2.45, 2.75) is 9.79 Å². The van der Waals surface area contributed by atoms with Crippen molar-refractivity contribution in [1.82, 2.24) is 13.6 Å². The van der Waals surface area contributed by atoms with Crippen LogP contribution in [0.5, 0.6) is 5.75 Å². The van der Waals surface area contributed by atoms with E-state index in [1.165, 1.54) is 26.8 Å². The molecule has 0 unspecified atom stereocenters. The molecule has 1 aliphatic heterocycles. The molecule has 1 saturated heterocycles. The summed E-state index contributed by atoms with van der Waals surface area (Å²) in [5.74, 6) is 0.0906. The molecule has 35 heavy (non-hydrogen) atoms. The summed E-state index contributed by atoms with van der Waals surface area (Å²) in [7, 11) is -7.73. The van der Waals surface area contributed by atoms with E-state index in [1.807, 2.05) is 0 Å². The van der Waals surface area contributed by atoms with E-state index in [-0.39, 0.29) is 41.7 Å². The number of pyridine rings is 1. The van der Waals surface area contributed by atoms with Gasteiger partial charge in [-0.3, -0.25) is 4.98 Å². The molecule has 5 rings (SSSR count). The van der Waals surface area contributed by atoms with Crippen molar-refractivity contribution < 1.29 is 21.9 Å². The molecule has 4 aromatic rings. The number of nitrogens with zero attached hydrogens (tertiary/aromatic N) is 3. The average molecular weight is 510 g/mol. The summed E-state index contributed by atoms with van der Waals surface area (Å²) in [5, 5.41) is 10.3. The van der Waals surface area contributed by atoms with Crippen LogP contribution in [0.4, 0.5) is 0 Å². The minimum Gasteiger partial charge on any atom is -0.508 e. The summed E-state index contributed by atoms with van der Waals surface area (Å²) >= 11 is 0. The minimum absolute atomic E-state index is 0.0314. The lowest BCUT2D eigenvalue weighted by atomic mass is 10.1. The lowest BCUT2D eigenvalue weighted by molar-refractivity contribution is 0.273. The Morgan fingerprint density at radius 2 is 1.23 bits per heavy atom. The molecule has 0 aliphatic carbocycles. The first-order chi connectivity index (χ1) is 16.8. The number of fused-ring (bicyclic) bond motifs is 1. The molecule has 8 nitrogen and oxygen atoms in total. The zero-order valence-electron chi connectivity index (χ0n) is 18.6. The van der Waals surface area contributed by atoms with E-state index in [0.29, 0.717) is 16.6 Å². The maximum atomic E-state index is 13.5. The highest BCUT2D eigenvalue weighted by atomic mass is 32.2. The molecule has 1 aliphatic rings. The number of para-hydroxylation sites is 1. The predicted octanol–water partition coefficient (Wildman–Crippen LogP) is 3.30. The molecule has 1 aromatic heterocycles. The largest absolute Gasteiger partial charge is 0.508 e. The number of benzene rings is 3. The smallest absolute Gasteiger partial charge is 0.245 e. The third-order valence-corrected chi connectivity index (χ3v) is 9.98. The van der Waals surface area contributed by atoms with Gasteiger partial charge in [0.05, 0.1) is 10.4 Å². The van der Waals surface area contributed by atoms with Crippen LogP contribution in [0.2, 0.25) is 0 Å². The van der Waals surface area contributed by atoms with Crippen LogP contribution in [0.1, 0.15) is 0 Å². The van der Waals surface area contributed by atoms with E-state index < -0.39 is 20.0 Å². The zero-order chi connectivity index (χ0) is 24.6. The first-order valence-electron chi connectivity index (χ1n) is 11.0. The van der Waals surface area contributed by atoms with Gasteiger partial charge in [0.2, 0.25) is 20.0 Å². The van der Waals surface area contributed by atoms with Gasteiger partial charge in [-0.25, -0.2) is 16.8 Å². The number of phenols is 1. The summed E-state index contributed by atoms with van der Waals surface area (Å²) in [6.45, 7) is 0.131. The lowest BCUT2D eigenvalue weighted by Crippen LogP contribution is -2.50. The molecular weight excluding hydrogens is 486 g/mol. The van der Waals surface area contributed by atoms with Crippen molar-refractivity contribution in [2.75, 3.05) is 26.2 Å². The fourth-order valence-electron chi connectivity index (χ4n) is 4.28. The Labute approximate surface area is 204 Å². The molecule has 0 bridgehead atoms. The lowest BCUT2D eigenvalue weighted by Gasteiger charge is -2.33. The molecule has 0 atom stereocenters. The van der Waals surface area contributed by atoms with Crippen molar-refractivity contribution in [3.8, 4) is 16.9 Å². The molecule has 0 spiro atoms. The van der Waals surface area contributed by atoms with Crippen molar-refractivity contribution in [1.29, 1.82) is 0 Å². The molecule has 1 N–H and O–H groups in total. The SMILES string of the molecule is O=S(=O)(c1ccccc1-c1ccc(O)cc1)N1CCN(S(=O)(=O)c2cccc3cccnc23)CC1. The predicted molar refractivity (Wildman–Crippen MR) is 133 cm³/mol. The highest BCUT2D eigenvalue weighted by Crippen LogP contribution is 2.32. The number of rotatable bonds is 5. The van der Waals surface area contributed by atoms with Gasteiger partial charge in [-0.05, 0) is 35.9 Å². The number of phenolic OH excluding ortho intramolecular Hbond substituents is 1. The van der Waals surface area contributed by atoms with Gasteiger partial charge in [0.15, 0.2) is 0 Å². The molecule has 3 aromatic carbocycles. The summed E-state index contributed by atoms with van der Waals surface area (Å²) in [5.41, 5.74) is 1.57. The van der Waals surface area contributed by atoms with Crippen LogP contribution in [-0.2, 0) is 20.0 Å². The molecule has 0 radical (unpaired) electrons. The topological polar surface area (TPSA) is 108 Å². The number of hydrogen-bond donors (Lipinski definition) is 1. The summed E-state index contributed by atoms with van der Waals surface area (Å²) < 4.78 is 56.5. The van der Waals surface area contributed by atoms with Crippen LogP contribution in [-0.4, -0.2) is 61.7 Å². The van der Waals surface area contributed by atoms with Crippen LogP contribution in [0.25, 0.3) is 22.0 Å². The second-order valence-electron chi connectivity index (χ2n) is 8.18. The van der Waals surface area contributed by atoms with Crippen LogP contribution < -0.4 is 0 Å². The van der Waals surface area contributed by atoms with Gasteiger partial charge in [-0.1, -0.05) is 48.5 Å². The number of sulfonamides is 2. The molecule has 0 saturated carbocycles. The maximum absolute atomic E-state index is 13.5. The van der Waals surface area contributed by atoms with E-state index in [0.717, 1.165) is 5.39 Å². The fraction of sp³-hybridized carbons (Fsp3) is 0.160. The number of aromatic nitrogens is 1. The number of aromatic hydroxyl groups is 1. The Balaban J connectivity index is 1.41. The average Bonchev–Trinajstić information content (AvgIpc) is 2.89. The molecule has 10 heteroatoms. The second-order valence-corrected chi connectivity index (χ2v) is 12.0. The van der Waals surface area contributed by atoms with Gasteiger partial charge in [-0.15, -0.1) is 0 Å². The fourth-order valence-corrected chi connectivity index (χ4v) is 7.51. The minimum atomic E-state index is -3.88. The van der Waals surface area contributed by atoms with Crippen molar-refractivity contribution in [3.63, 3.8) is 0 Å². The third kappa shape index (κ3) is 4.30.